The Labute approximate surface area is 114 Å². The van der Waals surface area contributed by atoms with Gasteiger partial charge in [0.05, 0.1) is 6.61 Å². The second-order valence-electron chi connectivity index (χ2n) is 5.00. The summed E-state index contributed by atoms with van der Waals surface area (Å²) in [6.45, 7) is 2.16. The fourth-order valence-corrected chi connectivity index (χ4v) is 2.62. The number of carbonyl (C=O) groups is 1. The van der Waals surface area contributed by atoms with Crippen LogP contribution in [0.25, 0.3) is 0 Å². The van der Waals surface area contributed by atoms with Gasteiger partial charge in [-0.1, -0.05) is 31.4 Å². The maximum atomic E-state index is 11.2. The summed E-state index contributed by atoms with van der Waals surface area (Å²) in [6.07, 6.45) is 6.64. The van der Waals surface area contributed by atoms with E-state index in [1.807, 2.05) is 12.1 Å². The first kappa shape index (κ1) is 13.9. The molecule has 0 aromatic heterocycles. The predicted octanol–water partition coefficient (Wildman–Crippen LogP) is 3.68. The van der Waals surface area contributed by atoms with Gasteiger partial charge >= 0.3 is 5.97 Å². The molecule has 0 atom stereocenters. The smallest absolute Gasteiger partial charge is 0.344 e. The van der Waals surface area contributed by atoms with Crippen molar-refractivity contribution in [2.75, 3.05) is 13.2 Å². The molecule has 0 unspecified atom stereocenters. The van der Waals surface area contributed by atoms with E-state index in [0.29, 0.717) is 12.5 Å². The van der Waals surface area contributed by atoms with Crippen molar-refractivity contribution in [3.63, 3.8) is 0 Å². The third-order valence-corrected chi connectivity index (χ3v) is 3.62. The van der Waals surface area contributed by atoms with Crippen LogP contribution >= 0.6 is 0 Å². The summed E-state index contributed by atoms with van der Waals surface area (Å²) in [7, 11) is 0. The van der Waals surface area contributed by atoms with E-state index in [2.05, 4.69) is 12.1 Å². The van der Waals surface area contributed by atoms with Gasteiger partial charge in [0.1, 0.15) is 5.75 Å². The van der Waals surface area contributed by atoms with E-state index in [1.165, 1.54) is 37.7 Å². The SMILES string of the molecule is CCOC(=O)COc1ccc(C2CCCCC2)cc1. The molecule has 0 amide bonds. The number of hydrogen-bond acceptors (Lipinski definition) is 3. The van der Waals surface area contributed by atoms with Crippen molar-refractivity contribution in [3.8, 4) is 5.75 Å². The van der Waals surface area contributed by atoms with Crippen LogP contribution < -0.4 is 4.74 Å². The minimum Gasteiger partial charge on any atom is -0.482 e. The average Bonchev–Trinajstić information content (AvgIpc) is 2.47. The lowest BCUT2D eigenvalue weighted by molar-refractivity contribution is -0.145. The lowest BCUT2D eigenvalue weighted by Gasteiger charge is -2.22. The molecule has 1 saturated carbocycles. The van der Waals surface area contributed by atoms with E-state index in [0.717, 1.165) is 5.75 Å². The van der Waals surface area contributed by atoms with Gasteiger partial charge in [0.15, 0.2) is 6.61 Å². The summed E-state index contributed by atoms with van der Waals surface area (Å²) in [5.74, 6) is 1.11. The van der Waals surface area contributed by atoms with Crippen LogP contribution in [0.4, 0.5) is 0 Å². The summed E-state index contributed by atoms with van der Waals surface area (Å²) in [5.41, 5.74) is 1.39. The second-order valence-corrected chi connectivity index (χ2v) is 5.00. The fourth-order valence-electron chi connectivity index (χ4n) is 2.62. The van der Waals surface area contributed by atoms with Crippen molar-refractivity contribution >= 4 is 5.97 Å². The van der Waals surface area contributed by atoms with Gasteiger partial charge < -0.3 is 9.47 Å². The number of benzene rings is 1. The van der Waals surface area contributed by atoms with Crippen LogP contribution in [0, 0.1) is 0 Å². The molecular weight excluding hydrogens is 240 g/mol. The number of carbonyl (C=O) groups excluding carboxylic acids is 1. The Kier molecular flexibility index (Phi) is 5.25. The Morgan fingerprint density at radius 3 is 2.47 bits per heavy atom. The molecule has 1 aromatic carbocycles. The monoisotopic (exact) mass is 262 g/mol. The maximum absolute atomic E-state index is 11.2. The number of rotatable bonds is 5. The predicted molar refractivity (Wildman–Crippen MR) is 74.4 cm³/mol. The first-order valence-electron chi connectivity index (χ1n) is 7.18. The maximum Gasteiger partial charge on any atom is 0.344 e. The highest BCUT2D eigenvalue weighted by molar-refractivity contribution is 5.71. The molecule has 19 heavy (non-hydrogen) atoms. The van der Waals surface area contributed by atoms with Gasteiger partial charge in [0, 0.05) is 0 Å². The van der Waals surface area contributed by atoms with Crippen LogP contribution in [-0.2, 0) is 9.53 Å². The second kappa shape index (κ2) is 7.17. The van der Waals surface area contributed by atoms with Crippen LogP contribution in [0.5, 0.6) is 5.75 Å². The van der Waals surface area contributed by atoms with E-state index in [9.17, 15) is 4.79 Å². The molecule has 0 radical (unpaired) electrons. The van der Waals surface area contributed by atoms with Crippen molar-refractivity contribution in [2.45, 2.75) is 44.9 Å². The normalized spacial score (nSPS) is 16.1. The Morgan fingerprint density at radius 1 is 1.16 bits per heavy atom. The zero-order valence-corrected chi connectivity index (χ0v) is 11.6. The first-order valence-corrected chi connectivity index (χ1v) is 7.18. The average molecular weight is 262 g/mol. The number of esters is 1. The Balaban J connectivity index is 1.85. The molecular formula is C16H22O3. The van der Waals surface area contributed by atoms with Gasteiger partial charge in [-0.2, -0.15) is 0 Å². The molecule has 0 aliphatic heterocycles. The molecule has 3 nitrogen and oxygen atoms in total. The van der Waals surface area contributed by atoms with Crippen LogP contribution in [0.3, 0.4) is 0 Å². The quantitative estimate of drug-likeness (QED) is 0.759. The topological polar surface area (TPSA) is 35.5 Å². The van der Waals surface area contributed by atoms with Crippen molar-refractivity contribution < 1.29 is 14.3 Å². The Hall–Kier alpha value is -1.51. The third kappa shape index (κ3) is 4.27. The van der Waals surface area contributed by atoms with Crippen molar-refractivity contribution in [1.29, 1.82) is 0 Å². The largest absolute Gasteiger partial charge is 0.482 e. The molecule has 2 rings (SSSR count). The van der Waals surface area contributed by atoms with E-state index < -0.39 is 0 Å². The van der Waals surface area contributed by atoms with Crippen molar-refractivity contribution in [3.05, 3.63) is 29.8 Å². The van der Waals surface area contributed by atoms with Gasteiger partial charge in [-0.05, 0) is 43.4 Å². The van der Waals surface area contributed by atoms with Gasteiger partial charge in [0.25, 0.3) is 0 Å². The third-order valence-electron chi connectivity index (χ3n) is 3.62. The first-order chi connectivity index (χ1) is 9.29. The molecule has 1 aliphatic rings. The number of ether oxygens (including phenoxy) is 2. The summed E-state index contributed by atoms with van der Waals surface area (Å²) in [5, 5.41) is 0. The molecule has 0 N–H and O–H groups in total. The van der Waals surface area contributed by atoms with Gasteiger partial charge in [-0.25, -0.2) is 4.79 Å². The highest BCUT2D eigenvalue weighted by atomic mass is 16.6. The molecule has 0 bridgehead atoms. The molecule has 104 valence electrons. The van der Waals surface area contributed by atoms with Crippen LogP contribution in [0.1, 0.15) is 50.5 Å². The van der Waals surface area contributed by atoms with Crippen molar-refractivity contribution in [1.82, 2.24) is 0 Å². The lowest BCUT2D eigenvalue weighted by atomic mass is 9.84. The molecule has 3 heteroatoms. The minimum atomic E-state index is -0.321. The van der Waals surface area contributed by atoms with Crippen molar-refractivity contribution in [2.24, 2.45) is 0 Å². The molecule has 1 aliphatic carbocycles. The van der Waals surface area contributed by atoms with E-state index >= 15 is 0 Å². The van der Waals surface area contributed by atoms with Crippen LogP contribution in [0.2, 0.25) is 0 Å². The highest BCUT2D eigenvalue weighted by Gasteiger charge is 2.15. The summed E-state index contributed by atoms with van der Waals surface area (Å²) in [6, 6.07) is 8.14. The van der Waals surface area contributed by atoms with Crippen LogP contribution in [-0.4, -0.2) is 19.2 Å². The van der Waals surface area contributed by atoms with Gasteiger partial charge in [-0.15, -0.1) is 0 Å². The Morgan fingerprint density at radius 2 is 1.84 bits per heavy atom. The Bertz CT molecular complexity index is 391. The lowest BCUT2D eigenvalue weighted by Crippen LogP contribution is -2.14. The highest BCUT2D eigenvalue weighted by Crippen LogP contribution is 2.33. The molecule has 1 aromatic rings. The zero-order chi connectivity index (χ0) is 13.5. The summed E-state index contributed by atoms with van der Waals surface area (Å²) < 4.78 is 10.2. The summed E-state index contributed by atoms with van der Waals surface area (Å²) >= 11 is 0. The molecule has 0 heterocycles. The number of hydrogen-bond donors (Lipinski definition) is 0. The van der Waals surface area contributed by atoms with Gasteiger partial charge in [0.2, 0.25) is 0 Å². The molecule has 1 fully saturated rings. The zero-order valence-electron chi connectivity index (χ0n) is 11.6. The van der Waals surface area contributed by atoms with Gasteiger partial charge in [-0.3, -0.25) is 0 Å². The standard InChI is InChI=1S/C16H22O3/c1-2-18-16(17)12-19-15-10-8-14(9-11-15)13-6-4-3-5-7-13/h8-11,13H,2-7,12H2,1H3. The van der Waals surface area contributed by atoms with E-state index in [4.69, 9.17) is 9.47 Å². The van der Waals surface area contributed by atoms with E-state index in [-0.39, 0.29) is 12.6 Å². The molecule has 0 saturated heterocycles. The fraction of sp³-hybridized carbons (Fsp3) is 0.562. The van der Waals surface area contributed by atoms with Crippen LogP contribution in [0.15, 0.2) is 24.3 Å². The summed E-state index contributed by atoms with van der Waals surface area (Å²) in [4.78, 5) is 11.2. The minimum absolute atomic E-state index is 0.0172. The molecule has 0 spiro atoms. The van der Waals surface area contributed by atoms with E-state index in [1.54, 1.807) is 6.92 Å².